The standard InChI is InChI=1S/C15H25NO/c1-4-13-6-8-15(9-7-13)11-16(3)10-14(5-2)12-17/h6-9,14,17H,4-5,10-12H2,1-3H3. The Morgan fingerprint density at radius 3 is 2.18 bits per heavy atom. The number of hydrogen-bond donors (Lipinski definition) is 1. The van der Waals surface area contributed by atoms with Crippen LogP contribution in [0.2, 0.25) is 0 Å². The van der Waals surface area contributed by atoms with Gasteiger partial charge in [-0.2, -0.15) is 0 Å². The van der Waals surface area contributed by atoms with Gasteiger partial charge in [-0.1, -0.05) is 38.1 Å². The van der Waals surface area contributed by atoms with Crippen molar-refractivity contribution in [2.75, 3.05) is 20.2 Å². The van der Waals surface area contributed by atoms with Crippen molar-refractivity contribution in [3.63, 3.8) is 0 Å². The molecule has 0 saturated heterocycles. The third-order valence-electron chi connectivity index (χ3n) is 3.29. The maximum atomic E-state index is 9.18. The topological polar surface area (TPSA) is 23.5 Å². The molecule has 1 rings (SSSR count). The molecule has 2 nitrogen and oxygen atoms in total. The van der Waals surface area contributed by atoms with Gasteiger partial charge in [0.25, 0.3) is 0 Å². The molecule has 0 heterocycles. The molecule has 1 N–H and O–H groups in total. The van der Waals surface area contributed by atoms with Gasteiger partial charge in [-0.25, -0.2) is 0 Å². The van der Waals surface area contributed by atoms with Crippen molar-refractivity contribution in [1.82, 2.24) is 4.90 Å². The highest BCUT2D eigenvalue weighted by Gasteiger charge is 2.08. The lowest BCUT2D eigenvalue weighted by atomic mass is 10.1. The number of aliphatic hydroxyl groups is 1. The number of aliphatic hydroxyl groups excluding tert-OH is 1. The molecule has 2 heteroatoms. The van der Waals surface area contributed by atoms with E-state index in [-0.39, 0.29) is 6.61 Å². The van der Waals surface area contributed by atoms with Crippen molar-refractivity contribution in [3.8, 4) is 0 Å². The summed E-state index contributed by atoms with van der Waals surface area (Å²) < 4.78 is 0. The maximum absolute atomic E-state index is 9.18. The van der Waals surface area contributed by atoms with Crippen LogP contribution in [0.25, 0.3) is 0 Å². The Balaban J connectivity index is 2.46. The summed E-state index contributed by atoms with van der Waals surface area (Å²) in [6.45, 7) is 6.51. The molecule has 0 bridgehead atoms. The Labute approximate surface area is 105 Å². The van der Waals surface area contributed by atoms with Crippen LogP contribution < -0.4 is 0 Å². The van der Waals surface area contributed by atoms with Crippen molar-refractivity contribution in [2.24, 2.45) is 5.92 Å². The van der Waals surface area contributed by atoms with Gasteiger partial charge in [0, 0.05) is 19.7 Å². The van der Waals surface area contributed by atoms with E-state index in [0.717, 1.165) is 25.9 Å². The van der Waals surface area contributed by atoms with Gasteiger partial charge in [0.1, 0.15) is 0 Å². The Morgan fingerprint density at radius 1 is 1.12 bits per heavy atom. The fourth-order valence-electron chi connectivity index (χ4n) is 2.01. The molecule has 1 aromatic rings. The van der Waals surface area contributed by atoms with E-state index in [1.807, 2.05) is 0 Å². The van der Waals surface area contributed by atoms with Crippen LogP contribution in [-0.2, 0) is 13.0 Å². The molecule has 1 aromatic carbocycles. The summed E-state index contributed by atoms with van der Waals surface area (Å²) in [6.07, 6.45) is 2.13. The molecule has 0 amide bonds. The molecule has 96 valence electrons. The summed E-state index contributed by atoms with van der Waals surface area (Å²) in [5.74, 6) is 0.398. The third kappa shape index (κ3) is 4.88. The smallest absolute Gasteiger partial charge is 0.0471 e. The van der Waals surface area contributed by atoms with E-state index in [2.05, 4.69) is 50.1 Å². The largest absolute Gasteiger partial charge is 0.396 e. The molecule has 0 aliphatic carbocycles. The van der Waals surface area contributed by atoms with Crippen LogP contribution >= 0.6 is 0 Å². The molecule has 1 unspecified atom stereocenters. The highest BCUT2D eigenvalue weighted by atomic mass is 16.3. The second kappa shape index (κ2) is 7.46. The molecule has 0 aliphatic heterocycles. The molecule has 0 fully saturated rings. The molecule has 0 aromatic heterocycles. The number of rotatable bonds is 7. The first-order valence-corrected chi connectivity index (χ1v) is 6.56. The minimum absolute atomic E-state index is 0.287. The summed E-state index contributed by atoms with van der Waals surface area (Å²) in [5, 5.41) is 9.18. The summed E-state index contributed by atoms with van der Waals surface area (Å²) in [5.41, 5.74) is 2.73. The lowest BCUT2D eigenvalue weighted by molar-refractivity contribution is 0.173. The van der Waals surface area contributed by atoms with Crippen LogP contribution in [0.3, 0.4) is 0 Å². The van der Waals surface area contributed by atoms with Gasteiger partial charge in [0.15, 0.2) is 0 Å². The first-order valence-electron chi connectivity index (χ1n) is 6.56. The van der Waals surface area contributed by atoms with Crippen LogP contribution in [0, 0.1) is 5.92 Å². The summed E-state index contributed by atoms with van der Waals surface area (Å²) in [7, 11) is 2.12. The monoisotopic (exact) mass is 235 g/mol. The van der Waals surface area contributed by atoms with E-state index in [0.29, 0.717) is 5.92 Å². The Bertz CT molecular complexity index is 303. The van der Waals surface area contributed by atoms with E-state index in [4.69, 9.17) is 0 Å². The Hall–Kier alpha value is -0.860. The Kier molecular flexibility index (Phi) is 6.23. The van der Waals surface area contributed by atoms with E-state index in [1.54, 1.807) is 0 Å². The molecule has 0 saturated carbocycles. The molecule has 0 aliphatic rings. The summed E-state index contributed by atoms with van der Waals surface area (Å²) >= 11 is 0. The summed E-state index contributed by atoms with van der Waals surface area (Å²) in [4.78, 5) is 2.28. The average Bonchev–Trinajstić information content (AvgIpc) is 2.37. The predicted octanol–water partition coefficient (Wildman–Crippen LogP) is 2.70. The molecule has 1 atom stereocenters. The maximum Gasteiger partial charge on any atom is 0.0471 e. The number of hydrogen-bond acceptors (Lipinski definition) is 2. The molecular formula is C15H25NO. The highest BCUT2D eigenvalue weighted by Crippen LogP contribution is 2.10. The zero-order valence-electron chi connectivity index (χ0n) is 11.3. The molecule has 0 spiro atoms. The zero-order chi connectivity index (χ0) is 12.7. The Morgan fingerprint density at radius 2 is 1.71 bits per heavy atom. The quantitative estimate of drug-likeness (QED) is 0.785. The minimum Gasteiger partial charge on any atom is -0.396 e. The van der Waals surface area contributed by atoms with Crippen molar-refractivity contribution in [2.45, 2.75) is 33.2 Å². The fourth-order valence-corrected chi connectivity index (χ4v) is 2.01. The van der Waals surface area contributed by atoms with Crippen molar-refractivity contribution in [1.29, 1.82) is 0 Å². The average molecular weight is 235 g/mol. The second-order valence-corrected chi connectivity index (χ2v) is 4.82. The zero-order valence-corrected chi connectivity index (χ0v) is 11.3. The van der Waals surface area contributed by atoms with Gasteiger partial charge < -0.3 is 10.0 Å². The molecular weight excluding hydrogens is 210 g/mol. The van der Waals surface area contributed by atoms with Gasteiger partial charge >= 0.3 is 0 Å². The molecule has 17 heavy (non-hydrogen) atoms. The van der Waals surface area contributed by atoms with Crippen LogP contribution in [0.1, 0.15) is 31.4 Å². The minimum atomic E-state index is 0.287. The highest BCUT2D eigenvalue weighted by molar-refractivity contribution is 5.22. The predicted molar refractivity (Wildman–Crippen MR) is 73.0 cm³/mol. The van der Waals surface area contributed by atoms with E-state index >= 15 is 0 Å². The van der Waals surface area contributed by atoms with Crippen LogP contribution in [0.15, 0.2) is 24.3 Å². The van der Waals surface area contributed by atoms with E-state index in [9.17, 15) is 5.11 Å². The number of benzene rings is 1. The first-order chi connectivity index (χ1) is 8.19. The summed E-state index contributed by atoms with van der Waals surface area (Å²) in [6, 6.07) is 8.81. The molecule has 0 radical (unpaired) electrons. The van der Waals surface area contributed by atoms with Gasteiger partial charge in [-0.15, -0.1) is 0 Å². The van der Waals surface area contributed by atoms with Gasteiger partial charge in [0.05, 0.1) is 0 Å². The van der Waals surface area contributed by atoms with E-state index in [1.165, 1.54) is 11.1 Å². The lowest BCUT2D eigenvalue weighted by Gasteiger charge is -2.21. The number of nitrogens with zero attached hydrogens (tertiary/aromatic N) is 1. The SMILES string of the molecule is CCc1ccc(CN(C)CC(CC)CO)cc1. The van der Waals surface area contributed by atoms with Gasteiger partial charge in [0.2, 0.25) is 0 Å². The second-order valence-electron chi connectivity index (χ2n) is 4.82. The van der Waals surface area contributed by atoms with Crippen LogP contribution in [0.4, 0.5) is 0 Å². The van der Waals surface area contributed by atoms with Crippen LogP contribution in [0.5, 0.6) is 0 Å². The normalized spacial score (nSPS) is 13.0. The van der Waals surface area contributed by atoms with Crippen LogP contribution in [-0.4, -0.2) is 30.2 Å². The number of aryl methyl sites for hydroxylation is 1. The van der Waals surface area contributed by atoms with Gasteiger partial charge in [-0.05, 0) is 36.9 Å². The first kappa shape index (κ1) is 14.2. The van der Waals surface area contributed by atoms with Crippen molar-refractivity contribution < 1.29 is 5.11 Å². The van der Waals surface area contributed by atoms with Crippen molar-refractivity contribution in [3.05, 3.63) is 35.4 Å². The van der Waals surface area contributed by atoms with Gasteiger partial charge in [-0.3, -0.25) is 0 Å². The fraction of sp³-hybridized carbons (Fsp3) is 0.600. The van der Waals surface area contributed by atoms with E-state index < -0.39 is 0 Å². The third-order valence-corrected chi connectivity index (χ3v) is 3.29. The lowest BCUT2D eigenvalue weighted by Crippen LogP contribution is -2.26. The van der Waals surface area contributed by atoms with Crippen molar-refractivity contribution >= 4 is 0 Å².